The second kappa shape index (κ2) is 8.73. The van der Waals surface area contributed by atoms with Crippen molar-refractivity contribution < 1.29 is 0 Å². The summed E-state index contributed by atoms with van der Waals surface area (Å²) in [6.07, 6.45) is 1.85. The van der Waals surface area contributed by atoms with Crippen molar-refractivity contribution in [3.8, 4) is 5.69 Å². The smallest absolute Gasteiger partial charge is 0.174 e. The van der Waals surface area contributed by atoms with E-state index in [9.17, 15) is 0 Å². The summed E-state index contributed by atoms with van der Waals surface area (Å²) in [5.74, 6) is 0. The minimum absolute atomic E-state index is 0.0200. The number of aromatic nitrogens is 2. The molecule has 5 heteroatoms. The monoisotopic (exact) mass is 466 g/mol. The normalized spacial score (nSPS) is 17.8. The van der Waals surface area contributed by atoms with E-state index in [0.717, 1.165) is 16.5 Å². The van der Waals surface area contributed by atoms with Crippen LogP contribution in [0.3, 0.4) is 0 Å². The van der Waals surface area contributed by atoms with Gasteiger partial charge in [-0.3, -0.25) is 4.98 Å². The molecule has 5 rings (SSSR count). The number of aryl methyl sites for hydroxylation is 4. The lowest BCUT2D eigenvalue weighted by Crippen LogP contribution is -2.29. The van der Waals surface area contributed by atoms with E-state index in [1.807, 2.05) is 18.3 Å². The number of anilines is 1. The summed E-state index contributed by atoms with van der Waals surface area (Å²) < 4.78 is 2.35. The largest absolute Gasteiger partial charge is 0.351 e. The molecule has 4 aromatic rings. The molecular formula is C29H30N4S. The Hall–Kier alpha value is -3.44. The second-order valence-corrected chi connectivity index (χ2v) is 9.73. The van der Waals surface area contributed by atoms with E-state index in [1.165, 1.54) is 39.3 Å². The van der Waals surface area contributed by atoms with Crippen LogP contribution in [0, 0.1) is 34.6 Å². The molecule has 2 aromatic carbocycles. The lowest BCUT2D eigenvalue weighted by atomic mass is 9.96. The average molecular weight is 467 g/mol. The molecule has 3 heterocycles. The molecule has 0 unspecified atom stereocenters. The van der Waals surface area contributed by atoms with E-state index < -0.39 is 0 Å². The molecule has 4 nitrogen and oxygen atoms in total. The van der Waals surface area contributed by atoms with Crippen molar-refractivity contribution in [3.63, 3.8) is 0 Å². The molecule has 1 fully saturated rings. The van der Waals surface area contributed by atoms with Gasteiger partial charge in [-0.2, -0.15) is 0 Å². The van der Waals surface area contributed by atoms with Crippen LogP contribution >= 0.6 is 12.2 Å². The van der Waals surface area contributed by atoms with Gasteiger partial charge in [0.15, 0.2) is 5.11 Å². The Morgan fingerprint density at radius 1 is 0.794 bits per heavy atom. The third-order valence-electron chi connectivity index (χ3n) is 6.63. The highest BCUT2D eigenvalue weighted by Crippen LogP contribution is 2.44. The number of thiocarbonyl (C=S) groups is 1. The third kappa shape index (κ3) is 3.90. The van der Waals surface area contributed by atoms with Crippen LogP contribution in [0.1, 0.15) is 51.4 Å². The molecule has 2 atom stereocenters. The Labute approximate surface area is 207 Å². The van der Waals surface area contributed by atoms with Crippen molar-refractivity contribution in [2.75, 3.05) is 4.90 Å². The first-order valence-electron chi connectivity index (χ1n) is 11.7. The van der Waals surface area contributed by atoms with Gasteiger partial charge in [-0.1, -0.05) is 24.3 Å². The van der Waals surface area contributed by atoms with Crippen LogP contribution in [0.25, 0.3) is 5.69 Å². The van der Waals surface area contributed by atoms with Crippen LogP contribution in [0.2, 0.25) is 0 Å². The zero-order chi connectivity index (χ0) is 24.0. The van der Waals surface area contributed by atoms with Gasteiger partial charge in [-0.15, -0.1) is 0 Å². The van der Waals surface area contributed by atoms with Gasteiger partial charge in [0.25, 0.3) is 0 Å². The first-order valence-corrected chi connectivity index (χ1v) is 12.1. The van der Waals surface area contributed by atoms with Crippen LogP contribution in [0.15, 0.2) is 72.9 Å². The van der Waals surface area contributed by atoms with Gasteiger partial charge in [-0.25, -0.2) is 0 Å². The van der Waals surface area contributed by atoms with E-state index in [-0.39, 0.29) is 12.1 Å². The molecule has 1 N–H and O–H groups in total. The molecule has 1 aliphatic heterocycles. The number of hydrogen-bond donors (Lipinski definition) is 1. The third-order valence-corrected chi connectivity index (χ3v) is 6.95. The van der Waals surface area contributed by atoms with Gasteiger partial charge < -0.3 is 14.8 Å². The summed E-state index contributed by atoms with van der Waals surface area (Å²) in [5.41, 5.74) is 10.7. The summed E-state index contributed by atoms with van der Waals surface area (Å²) >= 11 is 5.94. The minimum atomic E-state index is -0.0547. The van der Waals surface area contributed by atoms with Crippen LogP contribution in [-0.2, 0) is 0 Å². The number of rotatable bonds is 4. The standard InChI is InChI=1S/C29H30N4S/c1-18-9-8-10-23(14-18)32-21(4)17-25(22(32)5)28-27(26-11-6-7-12-30-26)31-29(34)33(28)24-15-19(2)13-20(3)16-24/h6-17,27-28H,1-5H3,(H,31,34)/t27-,28+/m0/s1. The van der Waals surface area contributed by atoms with Gasteiger partial charge in [0.1, 0.15) is 0 Å². The first kappa shape index (κ1) is 22.4. The predicted octanol–water partition coefficient (Wildman–Crippen LogP) is 6.59. The summed E-state index contributed by atoms with van der Waals surface area (Å²) in [6.45, 7) is 10.8. The molecule has 1 aliphatic rings. The number of pyridine rings is 1. The van der Waals surface area contributed by atoms with Crippen LogP contribution in [-0.4, -0.2) is 14.7 Å². The molecule has 34 heavy (non-hydrogen) atoms. The maximum absolute atomic E-state index is 5.94. The van der Waals surface area contributed by atoms with E-state index in [1.54, 1.807) is 0 Å². The minimum Gasteiger partial charge on any atom is -0.351 e. The molecule has 0 bridgehead atoms. The molecule has 1 saturated heterocycles. The summed E-state index contributed by atoms with van der Waals surface area (Å²) in [7, 11) is 0. The van der Waals surface area contributed by atoms with E-state index in [0.29, 0.717) is 0 Å². The molecule has 0 spiro atoms. The summed E-state index contributed by atoms with van der Waals surface area (Å²) in [4.78, 5) is 6.98. The first-order chi connectivity index (χ1) is 16.3. The van der Waals surface area contributed by atoms with Gasteiger partial charge in [0, 0.05) is 29.0 Å². The van der Waals surface area contributed by atoms with Crippen molar-refractivity contribution in [2.45, 2.75) is 46.7 Å². The highest BCUT2D eigenvalue weighted by Gasteiger charge is 2.42. The van der Waals surface area contributed by atoms with E-state index in [4.69, 9.17) is 17.2 Å². The maximum atomic E-state index is 5.94. The second-order valence-electron chi connectivity index (χ2n) is 9.34. The fraction of sp³-hybridized carbons (Fsp3) is 0.241. The summed E-state index contributed by atoms with van der Waals surface area (Å²) in [5, 5.41) is 4.32. The molecule has 0 aliphatic carbocycles. The van der Waals surface area contributed by atoms with Crippen molar-refractivity contribution in [3.05, 3.63) is 112 Å². The van der Waals surface area contributed by atoms with Gasteiger partial charge in [-0.05, 0) is 112 Å². The van der Waals surface area contributed by atoms with Crippen molar-refractivity contribution >= 4 is 23.0 Å². The Kier molecular flexibility index (Phi) is 5.74. The Morgan fingerprint density at radius 3 is 2.21 bits per heavy atom. The quantitative estimate of drug-likeness (QED) is 0.344. The molecule has 0 amide bonds. The molecule has 0 radical (unpaired) electrons. The molecule has 172 valence electrons. The summed E-state index contributed by atoms with van der Waals surface area (Å²) in [6, 6.07) is 23.6. The Balaban J connectivity index is 1.70. The fourth-order valence-corrected chi connectivity index (χ4v) is 5.64. The average Bonchev–Trinajstić information content (AvgIpc) is 3.29. The van der Waals surface area contributed by atoms with Crippen molar-refractivity contribution in [2.24, 2.45) is 0 Å². The molecule has 0 saturated carbocycles. The number of nitrogens with one attached hydrogen (secondary N) is 1. The highest BCUT2D eigenvalue weighted by atomic mass is 32.1. The highest BCUT2D eigenvalue weighted by molar-refractivity contribution is 7.80. The van der Waals surface area contributed by atoms with Crippen LogP contribution in [0.4, 0.5) is 5.69 Å². The topological polar surface area (TPSA) is 33.1 Å². The van der Waals surface area contributed by atoms with Crippen LogP contribution < -0.4 is 10.2 Å². The van der Waals surface area contributed by atoms with Crippen molar-refractivity contribution in [1.82, 2.24) is 14.9 Å². The van der Waals surface area contributed by atoms with Crippen molar-refractivity contribution in [1.29, 1.82) is 0 Å². The van der Waals surface area contributed by atoms with E-state index >= 15 is 0 Å². The zero-order valence-corrected chi connectivity index (χ0v) is 21.1. The van der Waals surface area contributed by atoms with Gasteiger partial charge in [0.05, 0.1) is 17.8 Å². The molecule has 2 aromatic heterocycles. The SMILES string of the molecule is Cc1cc(C)cc(N2C(=S)N[C@@H](c3ccccn3)[C@H]2c2cc(C)n(-c3cccc(C)c3)c2C)c1. The predicted molar refractivity (Wildman–Crippen MR) is 144 cm³/mol. The van der Waals surface area contributed by atoms with Gasteiger partial charge >= 0.3 is 0 Å². The lowest BCUT2D eigenvalue weighted by Gasteiger charge is -2.29. The van der Waals surface area contributed by atoms with E-state index in [2.05, 4.69) is 104 Å². The maximum Gasteiger partial charge on any atom is 0.174 e. The Bertz CT molecular complexity index is 1350. The number of nitrogens with zero attached hydrogens (tertiary/aromatic N) is 3. The van der Waals surface area contributed by atoms with Gasteiger partial charge in [0.2, 0.25) is 0 Å². The Morgan fingerprint density at radius 2 is 1.53 bits per heavy atom. The fourth-order valence-electron chi connectivity index (χ4n) is 5.29. The molecular weight excluding hydrogens is 436 g/mol. The number of benzene rings is 2. The van der Waals surface area contributed by atoms with Crippen LogP contribution in [0.5, 0.6) is 0 Å². The lowest BCUT2D eigenvalue weighted by molar-refractivity contribution is 0.565. The number of hydrogen-bond acceptors (Lipinski definition) is 2. The zero-order valence-electron chi connectivity index (χ0n) is 20.3.